The van der Waals surface area contributed by atoms with Crippen LogP contribution in [0.1, 0.15) is 36.6 Å². The Hall–Kier alpha value is -1.63. The van der Waals surface area contributed by atoms with Crippen LogP contribution in [0, 0.1) is 0 Å². The van der Waals surface area contributed by atoms with Crippen molar-refractivity contribution in [2.45, 2.75) is 31.6 Å². The number of aryl methyl sites for hydroxylation is 2. The van der Waals surface area contributed by atoms with Crippen LogP contribution in [0.3, 0.4) is 0 Å². The highest BCUT2D eigenvalue weighted by atomic mass is 35.5. The molecular formula is C17H21Cl2N5O. The summed E-state index contributed by atoms with van der Waals surface area (Å²) in [6, 6.07) is 5.30. The first-order valence-corrected chi connectivity index (χ1v) is 9.14. The molecule has 1 fully saturated rings. The quantitative estimate of drug-likeness (QED) is 0.834. The second-order valence-electron chi connectivity index (χ2n) is 6.23. The summed E-state index contributed by atoms with van der Waals surface area (Å²) >= 11 is 12.0. The topological polar surface area (TPSA) is 71.8 Å². The molecule has 25 heavy (non-hydrogen) atoms. The predicted octanol–water partition coefficient (Wildman–Crippen LogP) is 3.16. The third-order valence-corrected chi connectivity index (χ3v) is 4.96. The highest BCUT2D eigenvalue weighted by molar-refractivity contribution is 6.35. The third-order valence-electron chi connectivity index (χ3n) is 4.37. The van der Waals surface area contributed by atoms with Gasteiger partial charge in [-0.05, 0) is 50.0 Å². The fourth-order valence-electron chi connectivity index (χ4n) is 2.93. The van der Waals surface area contributed by atoms with Crippen LogP contribution in [0.2, 0.25) is 10.0 Å². The summed E-state index contributed by atoms with van der Waals surface area (Å²) in [5, 5.41) is 11.8. The number of amides is 1. The third kappa shape index (κ3) is 4.71. The molecule has 1 aromatic heterocycles. The summed E-state index contributed by atoms with van der Waals surface area (Å²) in [6.07, 6.45) is 2.90. The monoisotopic (exact) mass is 381 g/mol. The minimum atomic E-state index is -0.113. The summed E-state index contributed by atoms with van der Waals surface area (Å²) in [4.78, 5) is 16.7. The second kappa shape index (κ2) is 8.17. The van der Waals surface area contributed by atoms with E-state index in [9.17, 15) is 4.79 Å². The molecule has 1 amide bonds. The van der Waals surface area contributed by atoms with Gasteiger partial charge in [0.15, 0.2) is 5.82 Å². The minimum absolute atomic E-state index is 0.113. The van der Waals surface area contributed by atoms with Crippen LogP contribution < -0.4 is 10.6 Å². The number of hydrogen-bond donors (Lipinski definition) is 2. The van der Waals surface area contributed by atoms with Gasteiger partial charge in [0.2, 0.25) is 11.9 Å². The molecule has 3 rings (SSSR count). The SMILES string of the molecule is Cn1nc(C2CCNCC2)nc1NC(=O)CCc1ccc(Cl)cc1Cl. The van der Waals surface area contributed by atoms with E-state index in [2.05, 4.69) is 20.7 Å². The van der Waals surface area contributed by atoms with Crippen LogP contribution in [-0.4, -0.2) is 33.8 Å². The molecule has 0 aliphatic carbocycles. The number of nitrogens with zero attached hydrogens (tertiary/aromatic N) is 3. The Balaban J connectivity index is 1.58. The van der Waals surface area contributed by atoms with Crippen molar-refractivity contribution in [3.05, 3.63) is 39.6 Å². The molecule has 1 aliphatic heterocycles. The Morgan fingerprint density at radius 2 is 2.12 bits per heavy atom. The van der Waals surface area contributed by atoms with Gasteiger partial charge < -0.3 is 5.32 Å². The molecule has 0 spiro atoms. The van der Waals surface area contributed by atoms with Gasteiger partial charge in [-0.3, -0.25) is 10.1 Å². The minimum Gasteiger partial charge on any atom is -0.317 e. The number of benzene rings is 1. The molecule has 0 saturated carbocycles. The van der Waals surface area contributed by atoms with E-state index < -0.39 is 0 Å². The summed E-state index contributed by atoms with van der Waals surface area (Å²) in [6.45, 7) is 1.96. The van der Waals surface area contributed by atoms with Gasteiger partial charge >= 0.3 is 0 Å². The number of carbonyl (C=O) groups excluding carboxylic acids is 1. The van der Waals surface area contributed by atoms with E-state index in [4.69, 9.17) is 23.2 Å². The first-order valence-electron chi connectivity index (χ1n) is 8.38. The molecule has 0 unspecified atom stereocenters. The van der Waals surface area contributed by atoms with Crippen LogP contribution in [0.4, 0.5) is 5.95 Å². The van der Waals surface area contributed by atoms with E-state index in [1.54, 1.807) is 23.9 Å². The number of hydrogen-bond acceptors (Lipinski definition) is 4. The molecule has 0 radical (unpaired) electrons. The van der Waals surface area contributed by atoms with Crippen LogP contribution >= 0.6 is 23.2 Å². The van der Waals surface area contributed by atoms with Crippen molar-refractivity contribution < 1.29 is 4.79 Å². The first-order chi connectivity index (χ1) is 12.0. The number of piperidine rings is 1. The molecule has 2 N–H and O–H groups in total. The molecule has 6 nitrogen and oxygen atoms in total. The van der Waals surface area contributed by atoms with Gasteiger partial charge in [-0.15, -0.1) is 0 Å². The summed E-state index contributed by atoms with van der Waals surface area (Å²) < 4.78 is 1.63. The Kier molecular flexibility index (Phi) is 5.93. The molecule has 1 saturated heterocycles. The van der Waals surface area contributed by atoms with Gasteiger partial charge in [0.25, 0.3) is 0 Å². The van der Waals surface area contributed by atoms with Crippen molar-refractivity contribution in [3.8, 4) is 0 Å². The van der Waals surface area contributed by atoms with E-state index >= 15 is 0 Å². The fraction of sp³-hybridized carbons (Fsp3) is 0.471. The van der Waals surface area contributed by atoms with Gasteiger partial charge in [0.1, 0.15) is 0 Å². The van der Waals surface area contributed by atoms with Gasteiger partial charge in [0.05, 0.1) is 0 Å². The molecule has 1 aromatic carbocycles. The lowest BCUT2D eigenvalue weighted by Crippen LogP contribution is -2.27. The zero-order valence-corrected chi connectivity index (χ0v) is 15.6. The van der Waals surface area contributed by atoms with Gasteiger partial charge in [-0.25, -0.2) is 4.68 Å². The lowest BCUT2D eigenvalue weighted by Gasteiger charge is -2.19. The predicted molar refractivity (Wildman–Crippen MR) is 99.3 cm³/mol. The molecule has 134 valence electrons. The maximum Gasteiger partial charge on any atom is 0.227 e. The molecule has 8 heteroatoms. The van der Waals surface area contributed by atoms with Crippen LogP contribution in [0.5, 0.6) is 0 Å². The van der Waals surface area contributed by atoms with Gasteiger partial charge in [0, 0.05) is 29.4 Å². The summed E-state index contributed by atoms with van der Waals surface area (Å²) in [5.41, 5.74) is 0.898. The number of rotatable bonds is 5. The zero-order chi connectivity index (χ0) is 17.8. The Morgan fingerprint density at radius 3 is 2.84 bits per heavy atom. The molecule has 0 atom stereocenters. The van der Waals surface area contributed by atoms with Crippen molar-refractivity contribution >= 4 is 35.1 Å². The number of halogens is 2. The van der Waals surface area contributed by atoms with Crippen LogP contribution in [0.25, 0.3) is 0 Å². The van der Waals surface area contributed by atoms with Crippen molar-refractivity contribution in [2.75, 3.05) is 18.4 Å². The van der Waals surface area contributed by atoms with E-state index in [1.165, 1.54) is 0 Å². The van der Waals surface area contributed by atoms with Crippen LogP contribution in [-0.2, 0) is 18.3 Å². The molecule has 1 aliphatic rings. The maximum absolute atomic E-state index is 12.2. The number of nitrogens with one attached hydrogen (secondary N) is 2. The van der Waals surface area contributed by atoms with Gasteiger partial charge in [-0.2, -0.15) is 10.1 Å². The van der Waals surface area contributed by atoms with Crippen molar-refractivity contribution in [3.63, 3.8) is 0 Å². The molecule has 2 aromatic rings. The van der Waals surface area contributed by atoms with Crippen molar-refractivity contribution in [1.82, 2.24) is 20.1 Å². The lowest BCUT2D eigenvalue weighted by molar-refractivity contribution is -0.116. The Morgan fingerprint density at radius 1 is 1.36 bits per heavy atom. The molecule has 0 bridgehead atoms. The number of aromatic nitrogens is 3. The fourth-order valence-corrected chi connectivity index (χ4v) is 3.43. The zero-order valence-electron chi connectivity index (χ0n) is 14.1. The Labute approximate surface area is 156 Å². The van der Waals surface area contributed by atoms with Gasteiger partial charge in [-0.1, -0.05) is 29.3 Å². The van der Waals surface area contributed by atoms with Crippen molar-refractivity contribution in [1.29, 1.82) is 0 Å². The average Bonchev–Trinajstić information content (AvgIpc) is 2.95. The second-order valence-corrected chi connectivity index (χ2v) is 7.07. The van der Waals surface area contributed by atoms with Crippen LogP contribution in [0.15, 0.2) is 18.2 Å². The number of carbonyl (C=O) groups is 1. The van der Waals surface area contributed by atoms with E-state index in [-0.39, 0.29) is 5.91 Å². The first kappa shape index (κ1) is 18.2. The van der Waals surface area contributed by atoms with E-state index in [0.29, 0.717) is 34.8 Å². The smallest absolute Gasteiger partial charge is 0.227 e. The van der Waals surface area contributed by atoms with Crippen molar-refractivity contribution in [2.24, 2.45) is 7.05 Å². The highest BCUT2D eigenvalue weighted by Gasteiger charge is 2.21. The highest BCUT2D eigenvalue weighted by Crippen LogP contribution is 2.24. The normalized spacial score (nSPS) is 15.3. The lowest BCUT2D eigenvalue weighted by atomic mass is 9.98. The van der Waals surface area contributed by atoms with E-state index in [0.717, 1.165) is 37.3 Å². The Bertz CT molecular complexity index is 755. The van der Waals surface area contributed by atoms with E-state index in [1.807, 2.05) is 6.07 Å². The average molecular weight is 382 g/mol. The number of anilines is 1. The maximum atomic E-state index is 12.2. The summed E-state index contributed by atoms with van der Waals surface area (Å²) in [5.74, 6) is 1.53. The standard InChI is InChI=1S/C17H21Cl2N5O/c1-24-17(22-16(23-24)12-6-8-20-9-7-12)21-15(25)5-3-11-2-4-13(18)10-14(11)19/h2,4,10,12,20H,3,5-9H2,1H3,(H,21,22,23,25). The molecule has 2 heterocycles. The largest absolute Gasteiger partial charge is 0.317 e. The summed E-state index contributed by atoms with van der Waals surface area (Å²) in [7, 11) is 1.79. The molecular weight excluding hydrogens is 361 g/mol.